The maximum Gasteiger partial charge on any atom is 0.345 e. The molecule has 0 N–H and O–H groups in total. The number of nitrogens with zero attached hydrogens (tertiary/aromatic N) is 4. The molecule has 6 nitrogen and oxygen atoms in total. The Morgan fingerprint density at radius 3 is 2.73 bits per heavy atom. The summed E-state index contributed by atoms with van der Waals surface area (Å²) >= 11 is 0. The van der Waals surface area contributed by atoms with Crippen LogP contribution in [-0.2, 0) is 0 Å². The van der Waals surface area contributed by atoms with E-state index in [1.165, 1.54) is 0 Å². The molecule has 6 heteroatoms. The Bertz CT molecular complexity index is 1300. The molecule has 0 atom stereocenters. The molecule has 0 unspecified atom stereocenters. The van der Waals surface area contributed by atoms with E-state index < -0.39 is 0 Å². The van der Waals surface area contributed by atoms with Crippen LogP contribution in [0.5, 0.6) is 0 Å². The van der Waals surface area contributed by atoms with Crippen molar-refractivity contribution >= 4 is 22.3 Å². The summed E-state index contributed by atoms with van der Waals surface area (Å²) in [6.07, 6.45) is 5.05. The van der Waals surface area contributed by atoms with Crippen molar-refractivity contribution in [2.45, 2.75) is 20.3 Å². The Balaban J connectivity index is 1.54. The lowest BCUT2D eigenvalue weighted by Crippen LogP contribution is -2.28. The fourth-order valence-electron chi connectivity index (χ4n) is 4.36. The van der Waals surface area contributed by atoms with Crippen LogP contribution in [-0.4, -0.2) is 47.5 Å². The lowest BCUT2D eigenvalue weighted by Gasteiger charge is -2.22. The average Bonchev–Trinajstić information content (AvgIpc) is 3.01. The van der Waals surface area contributed by atoms with Gasteiger partial charge >= 0.3 is 5.63 Å². The Kier molecular flexibility index (Phi) is 4.59. The number of fused-ring (bicyclic) bond motifs is 2. The third-order valence-electron chi connectivity index (χ3n) is 5.95. The van der Waals surface area contributed by atoms with Crippen LogP contribution in [0.2, 0.25) is 0 Å². The van der Waals surface area contributed by atoms with Crippen LogP contribution in [0, 0.1) is 13.8 Å². The topological polar surface area (TPSA) is 54.0 Å². The van der Waals surface area contributed by atoms with Crippen molar-refractivity contribution in [3.63, 3.8) is 0 Å². The molecule has 3 aromatic heterocycles. The highest BCUT2D eigenvalue weighted by molar-refractivity contribution is 5.84. The number of benzene rings is 1. The number of anilines is 1. The standard InChI is InChI=1S/C24H26N4O2/c1-16-11-17(2)23-25-21(15-28(23)14-16)20-12-18-5-6-19(13-22(18)30-24(20)29)27-8-4-7-26(3)9-10-27/h5-6,11-15H,4,7-10H2,1-3H3. The molecule has 1 aliphatic rings. The zero-order valence-corrected chi connectivity index (χ0v) is 17.7. The molecule has 0 aliphatic carbocycles. The Hall–Kier alpha value is -3.12. The van der Waals surface area contributed by atoms with Crippen molar-refractivity contribution in [2.75, 3.05) is 38.1 Å². The minimum absolute atomic E-state index is 0.354. The summed E-state index contributed by atoms with van der Waals surface area (Å²) in [6, 6.07) is 10.1. The normalized spacial score (nSPS) is 15.8. The second kappa shape index (κ2) is 7.29. The molecule has 0 radical (unpaired) electrons. The minimum atomic E-state index is -0.354. The third-order valence-corrected chi connectivity index (χ3v) is 5.95. The highest BCUT2D eigenvalue weighted by Gasteiger charge is 2.16. The van der Waals surface area contributed by atoms with Crippen LogP contribution in [0.25, 0.3) is 27.9 Å². The molecule has 4 heterocycles. The molecule has 1 aliphatic heterocycles. The first kappa shape index (κ1) is 18.9. The van der Waals surface area contributed by atoms with Gasteiger partial charge in [0.25, 0.3) is 0 Å². The molecule has 1 fully saturated rings. The Morgan fingerprint density at radius 2 is 1.87 bits per heavy atom. The van der Waals surface area contributed by atoms with E-state index in [0.717, 1.165) is 60.4 Å². The average molecular weight is 402 g/mol. The minimum Gasteiger partial charge on any atom is -0.422 e. The van der Waals surface area contributed by atoms with E-state index in [9.17, 15) is 4.79 Å². The van der Waals surface area contributed by atoms with Crippen molar-refractivity contribution in [1.82, 2.24) is 14.3 Å². The second-order valence-electron chi connectivity index (χ2n) is 8.37. The van der Waals surface area contributed by atoms with E-state index in [1.54, 1.807) is 0 Å². The van der Waals surface area contributed by atoms with Gasteiger partial charge in [-0.25, -0.2) is 9.78 Å². The summed E-state index contributed by atoms with van der Waals surface area (Å²) < 4.78 is 7.71. The number of imidazole rings is 1. The van der Waals surface area contributed by atoms with Crippen molar-refractivity contribution in [1.29, 1.82) is 0 Å². The predicted octanol–water partition coefficient (Wildman–Crippen LogP) is 3.87. The van der Waals surface area contributed by atoms with E-state index in [1.807, 2.05) is 41.9 Å². The van der Waals surface area contributed by atoms with Crippen molar-refractivity contribution in [2.24, 2.45) is 0 Å². The summed E-state index contributed by atoms with van der Waals surface area (Å²) in [7, 11) is 2.16. The van der Waals surface area contributed by atoms with Gasteiger partial charge in [-0.1, -0.05) is 6.07 Å². The van der Waals surface area contributed by atoms with Gasteiger partial charge in [0.1, 0.15) is 11.2 Å². The largest absolute Gasteiger partial charge is 0.422 e. The van der Waals surface area contributed by atoms with Crippen LogP contribution in [0.4, 0.5) is 5.69 Å². The molecule has 0 spiro atoms. The first-order valence-corrected chi connectivity index (χ1v) is 10.5. The van der Waals surface area contributed by atoms with Gasteiger partial charge < -0.3 is 18.6 Å². The lowest BCUT2D eigenvalue weighted by molar-refractivity contribution is 0.360. The maximum atomic E-state index is 12.8. The Morgan fingerprint density at radius 1 is 1.00 bits per heavy atom. The van der Waals surface area contributed by atoms with Crippen molar-refractivity contribution in [3.05, 3.63) is 64.3 Å². The molecule has 1 aromatic carbocycles. The number of aromatic nitrogens is 2. The van der Waals surface area contributed by atoms with Crippen LogP contribution in [0.1, 0.15) is 17.5 Å². The first-order chi connectivity index (χ1) is 14.5. The van der Waals surface area contributed by atoms with Crippen LogP contribution >= 0.6 is 0 Å². The molecular formula is C24H26N4O2. The number of aryl methyl sites for hydroxylation is 2. The molecule has 154 valence electrons. The van der Waals surface area contributed by atoms with E-state index in [2.05, 4.69) is 40.9 Å². The fraction of sp³-hybridized carbons (Fsp3) is 0.333. The fourth-order valence-corrected chi connectivity index (χ4v) is 4.36. The number of pyridine rings is 1. The highest BCUT2D eigenvalue weighted by atomic mass is 16.4. The van der Waals surface area contributed by atoms with Crippen molar-refractivity contribution < 1.29 is 4.42 Å². The summed E-state index contributed by atoms with van der Waals surface area (Å²) in [5.41, 5.74) is 5.60. The molecular weight excluding hydrogens is 376 g/mol. The monoisotopic (exact) mass is 402 g/mol. The number of rotatable bonds is 2. The van der Waals surface area contributed by atoms with E-state index >= 15 is 0 Å². The zero-order chi connectivity index (χ0) is 20.8. The lowest BCUT2D eigenvalue weighted by atomic mass is 10.1. The number of likely N-dealkylation sites (N-methyl/N-ethyl adjacent to an activating group) is 1. The van der Waals surface area contributed by atoms with Gasteiger partial charge in [0.15, 0.2) is 0 Å². The van der Waals surface area contributed by atoms with Gasteiger partial charge in [0.2, 0.25) is 0 Å². The highest BCUT2D eigenvalue weighted by Crippen LogP contribution is 2.26. The maximum absolute atomic E-state index is 12.8. The van der Waals surface area contributed by atoms with Gasteiger partial charge in [-0.05, 0) is 63.2 Å². The van der Waals surface area contributed by atoms with Crippen LogP contribution in [0.15, 0.2) is 51.9 Å². The van der Waals surface area contributed by atoms with Gasteiger partial charge in [-0.15, -0.1) is 0 Å². The van der Waals surface area contributed by atoms with Gasteiger partial charge in [-0.2, -0.15) is 0 Å². The van der Waals surface area contributed by atoms with Gasteiger partial charge in [-0.3, -0.25) is 0 Å². The van der Waals surface area contributed by atoms with Crippen LogP contribution in [0.3, 0.4) is 0 Å². The molecule has 1 saturated heterocycles. The smallest absolute Gasteiger partial charge is 0.345 e. The van der Waals surface area contributed by atoms with Crippen LogP contribution < -0.4 is 10.5 Å². The second-order valence-corrected chi connectivity index (χ2v) is 8.37. The van der Waals surface area contributed by atoms with Crippen molar-refractivity contribution in [3.8, 4) is 11.3 Å². The SMILES string of the molecule is Cc1cc(C)c2nc(-c3cc4ccc(N5CCCN(C)CC5)cc4oc3=O)cn2c1. The van der Waals surface area contributed by atoms with E-state index in [-0.39, 0.29) is 5.63 Å². The summed E-state index contributed by atoms with van der Waals surface area (Å²) in [5, 5.41) is 0.908. The molecule has 4 aromatic rings. The summed E-state index contributed by atoms with van der Waals surface area (Å²) in [4.78, 5) is 22.2. The van der Waals surface area contributed by atoms with Gasteiger partial charge in [0.05, 0.1) is 11.3 Å². The zero-order valence-electron chi connectivity index (χ0n) is 17.7. The summed E-state index contributed by atoms with van der Waals surface area (Å²) in [5.74, 6) is 0. The van der Waals surface area contributed by atoms with E-state index in [4.69, 9.17) is 4.42 Å². The van der Waals surface area contributed by atoms with Gasteiger partial charge in [0, 0.05) is 49.2 Å². The number of hydrogen-bond donors (Lipinski definition) is 0. The molecule has 0 amide bonds. The predicted molar refractivity (Wildman–Crippen MR) is 120 cm³/mol. The molecule has 5 rings (SSSR count). The summed E-state index contributed by atoms with van der Waals surface area (Å²) in [6.45, 7) is 8.22. The number of hydrogen-bond acceptors (Lipinski definition) is 5. The Labute approximate surface area is 175 Å². The first-order valence-electron chi connectivity index (χ1n) is 10.5. The molecule has 30 heavy (non-hydrogen) atoms. The molecule has 0 saturated carbocycles. The quantitative estimate of drug-likeness (QED) is 0.477. The molecule has 0 bridgehead atoms. The van der Waals surface area contributed by atoms with E-state index in [0.29, 0.717) is 16.8 Å². The third kappa shape index (κ3) is 3.37.